The standard InChI is InChI=1S/C11H15ClN2O2S/c1-13-10-4-3-8(12)7-9(10)11(15)14-5-6-17(2)16/h3-4,7,13H,5-6H2,1-2H3,(H,14,15). The maximum absolute atomic E-state index is 11.8. The molecular weight excluding hydrogens is 260 g/mol. The van der Waals surface area contributed by atoms with Crippen LogP contribution in [0.2, 0.25) is 5.02 Å². The van der Waals surface area contributed by atoms with Crippen molar-refractivity contribution in [2.75, 3.05) is 30.9 Å². The molecule has 4 nitrogen and oxygen atoms in total. The summed E-state index contributed by atoms with van der Waals surface area (Å²) >= 11 is 5.85. The predicted molar refractivity (Wildman–Crippen MR) is 72.3 cm³/mol. The molecule has 1 rings (SSSR count). The summed E-state index contributed by atoms with van der Waals surface area (Å²) in [7, 11) is 0.831. The van der Waals surface area contributed by atoms with Crippen LogP contribution in [0.3, 0.4) is 0 Å². The van der Waals surface area contributed by atoms with Gasteiger partial charge < -0.3 is 10.6 Å². The van der Waals surface area contributed by atoms with Crippen LogP contribution in [0.1, 0.15) is 10.4 Å². The minimum atomic E-state index is -0.906. The zero-order chi connectivity index (χ0) is 12.8. The van der Waals surface area contributed by atoms with Gasteiger partial charge in [0.25, 0.3) is 5.91 Å². The molecule has 17 heavy (non-hydrogen) atoms. The van der Waals surface area contributed by atoms with Gasteiger partial charge in [-0.25, -0.2) is 0 Å². The summed E-state index contributed by atoms with van der Waals surface area (Å²) in [5, 5.41) is 6.13. The van der Waals surface area contributed by atoms with Crippen LogP contribution in [-0.2, 0) is 10.8 Å². The number of carbonyl (C=O) groups excluding carboxylic acids is 1. The average Bonchev–Trinajstić information content (AvgIpc) is 2.28. The number of rotatable bonds is 5. The first-order valence-corrected chi connectivity index (χ1v) is 7.20. The van der Waals surface area contributed by atoms with Gasteiger partial charge in [0.2, 0.25) is 0 Å². The zero-order valence-corrected chi connectivity index (χ0v) is 11.3. The normalized spacial score (nSPS) is 11.9. The third-order valence-electron chi connectivity index (χ3n) is 2.17. The summed E-state index contributed by atoms with van der Waals surface area (Å²) in [5.41, 5.74) is 1.20. The smallest absolute Gasteiger partial charge is 0.253 e. The lowest BCUT2D eigenvalue weighted by molar-refractivity contribution is 0.0957. The van der Waals surface area contributed by atoms with E-state index in [1.165, 1.54) is 0 Å². The summed E-state index contributed by atoms with van der Waals surface area (Å²) in [6, 6.07) is 5.06. The number of carbonyl (C=O) groups is 1. The number of halogens is 1. The van der Waals surface area contributed by atoms with Gasteiger partial charge in [-0.1, -0.05) is 11.6 Å². The second kappa shape index (κ2) is 6.61. The highest BCUT2D eigenvalue weighted by molar-refractivity contribution is 7.84. The minimum Gasteiger partial charge on any atom is -0.387 e. The fraction of sp³-hybridized carbons (Fsp3) is 0.364. The molecule has 94 valence electrons. The van der Waals surface area contributed by atoms with Crippen molar-refractivity contribution < 1.29 is 9.00 Å². The van der Waals surface area contributed by atoms with Crippen molar-refractivity contribution in [3.8, 4) is 0 Å². The van der Waals surface area contributed by atoms with Crippen molar-refractivity contribution in [2.24, 2.45) is 0 Å². The van der Waals surface area contributed by atoms with E-state index in [1.54, 1.807) is 31.5 Å². The Labute approximate surface area is 108 Å². The highest BCUT2D eigenvalue weighted by Crippen LogP contribution is 2.19. The first kappa shape index (κ1) is 14.0. The average molecular weight is 275 g/mol. The molecule has 1 amide bonds. The van der Waals surface area contributed by atoms with Gasteiger partial charge in [-0.2, -0.15) is 0 Å². The van der Waals surface area contributed by atoms with Gasteiger partial charge in [0, 0.05) is 47.1 Å². The first-order chi connectivity index (χ1) is 8.04. The summed E-state index contributed by atoms with van der Waals surface area (Å²) in [6.07, 6.45) is 1.60. The fourth-order valence-electron chi connectivity index (χ4n) is 1.33. The van der Waals surface area contributed by atoms with Crippen molar-refractivity contribution in [3.63, 3.8) is 0 Å². The van der Waals surface area contributed by atoms with Crippen LogP contribution < -0.4 is 10.6 Å². The van der Waals surface area contributed by atoms with Crippen LogP contribution in [0.15, 0.2) is 18.2 Å². The summed E-state index contributed by atoms with van der Waals surface area (Å²) < 4.78 is 10.9. The second-order valence-electron chi connectivity index (χ2n) is 3.47. The van der Waals surface area contributed by atoms with Crippen molar-refractivity contribution in [1.82, 2.24) is 5.32 Å². The Kier molecular flexibility index (Phi) is 5.44. The quantitative estimate of drug-likeness (QED) is 0.855. The molecule has 0 saturated heterocycles. The van der Waals surface area contributed by atoms with Crippen LogP contribution in [0.5, 0.6) is 0 Å². The lowest BCUT2D eigenvalue weighted by atomic mass is 10.1. The van der Waals surface area contributed by atoms with E-state index in [1.807, 2.05) is 0 Å². The van der Waals surface area contributed by atoms with Gasteiger partial charge in [-0.05, 0) is 18.2 Å². The second-order valence-corrected chi connectivity index (χ2v) is 5.46. The van der Waals surface area contributed by atoms with E-state index in [0.29, 0.717) is 28.6 Å². The molecule has 0 bridgehead atoms. The van der Waals surface area contributed by atoms with Crippen LogP contribution >= 0.6 is 11.6 Å². The monoisotopic (exact) mass is 274 g/mol. The SMILES string of the molecule is CNc1ccc(Cl)cc1C(=O)NCCS(C)=O. The largest absolute Gasteiger partial charge is 0.387 e. The highest BCUT2D eigenvalue weighted by atomic mass is 35.5. The van der Waals surface area contributed by atoms with Crippen LogP contribution in [0, 0.1) is 0 Å². The van der Waals surface area contributed by atoms with E-state index in [-0.39, 0.29) is 5.91 Å². The van der Waals surface area contributed by atoms with Gasteiger partial charge >= 0.3 is 0 Å². The van der Waals surface area contributed by atoms with Gasteiger partial charge in [0.05, 0.1) is 5.56 Å². The molecule has 1 aromatic carbocycles. The minimum absolute atomic E-state index is 0.220. The van der Waals surface area contributed by atoms with Gasteiger partial charge in [-0.15, -0.1) is 0 Å². The number of hydrogen-bond acceptors (Lipinski definition) is 3. The van der Waals surface area contributed by atoms with Gasteiger partial charge in [0.15, 0.2) is 0 Å². The molecule has 0 aliphatic carbocycles. The molecule has 0 aliphatic heterocycles. The molecule has 0 spiro atoms. The maximum Gasteiger partial charge on any atom is 0.253 e. The van der Waals surface area contributed by atoms with Crippen molar-refractivity contribution in [2.45, 2.75) is 0 Å². The Morgan fingerprint density at radius 1 is 1.47 bits per heavy atom. The van der Waals surface area contributed by atoms with Gasteiger partial charge in [0.1, 0.15) is 0 Å². The van der Waals surface area contributed by atoms with Crippen LogP contribution in [0.25, 0.3) is 0 Å². The maximum atomic E-state index is 11.8. The summed E-state index contributed by atoms with van der Waals surface area (Å²) in [6.45, 7) is 0.387. The third kappa shape index (κ3) is 4.36. The number of benzene rings is 1. The Balaban J connectivity index is 2.73. The number of nitrogens with one attached hydrogen (secondary N) is 2. The Morgan fingerprint density at radius 3 is 2.76 bits per heavy atom. The Morgan fingerprint density at radius 2 is 2.18 bits per heavy atom. The molecular formula is C11H15ClN2O2S. The molecule has 6 heteroatoms. The fourth-order valence-corrected chi connectivity index (χ4v) is 1.89. The van der Waals surface area contributed by atoms with E-state index in [4.69, 9.17) is 11.6 Å². The van der Waals surface area contributed by atoms with Crippen molar-refractivity contribution in [1.29, 1.82) is 0 Å². The molecule has 1 aromatic rings. The Hall–Kier alpha value is -1.07. The molecule has 0 fully saturated rings. The molecule has 0 saturated carbocycles. The number of amides is 1. The number of anilines is 1. The van der Waals surface area contributed by atoms with Gasteiger partial charge in [-0.3, -0.25) is 9.00 Å². The zero-order valence-electron chi connectivity index (χ0n) is 9.75. The lowest BCUT2D eigenvalue weighted by Gasteiger charge is -2.09. The number of hydrogen-bond donors (Lipinski definition) is 2. The lowest BCUT2D eigenvalue weighted by Crippen LogP contribution is -2.28. The molecule has 0 aromatic heterocycles. The van der Waals surface area contributed by atoms with E-state index in [0.717, 1.165) is 0 Å². The van der Waals surface area contributed by atoms with E-state index >= 15 is 0 Å². The van der Waals surface area contributed by atoms with Crippen LogP contribution in [-0.4, -0.2) is 35.7 Å². The summed E-state index contributed by atoms with van der Waals surface area (Å²) in [5.74, 6) is 0.226. The van der Waals surface area contributed by atoms with E-state index in [2.05, 4.69) is 10.6 Å². The van der Waals surface area contributed by atoms with E-state index < -0.39 is 10.8 Å². The summed E-state index contributed by atoms with van der Waals surface area (Å²) in [4.78, 5) is 11.8. The first-order valence-electron chi connectivity index (χ1n) is 5.10. The molecule has 0 aliphatic rings. The topological polar surface area (TPSA) is 58.2 Å². The predicted octanol–water partition coefficient (Wildman–Crippen LogP) is 1.49. The highest BCUT2D eigenvalue weighted by Gasteiger charge is 2.10. The molecule has 1 atom stereocenters. The third-order valence-corrected chi connectivity index (χ3v) is 3.18. The van der Waals surface area contributed by atoms with Crippen molar-refractivity contribution >= 4 is 34.0 Å². The molecule has 1 unspecified atom stereocenters. The van der Waals surface area contributed by atoms with E-state index in [9.17, 15) is 9.00 Å². The Bertz CT molecular complexity index is 437. The van der Waals surface area contributed by atoms with Crippen molar-refractivity contribution in [3.05, 3.63) is 28.8 Å². The van der Waals surface area contributed by atoms with Crippen LogP contribution in [0.4, 0.5) is 5.69 Å². The molecule has 0 heterocycles. The molecule has 0 radical (unpaired) electrons. The molecule has 2 N–H and O–H groups in total.